The van der Waals surface area contributed by atoms with E-state index in [1.165, 1.54) is 5.39 Å². The van der Waals surface area contributed by atoms with Crippen molar-refractivity contribution in [3.8, 4) is 6.07 Å². The number of rotatable bonds is 2. The highest BCUT2D eigenvalue weighted by molar-refractivity contribution is 6.30. The lowest BCUT2D eigenvalue weighted by atomic mass is 10.00. The minimum absolute atomic E-state index is 0.628. The van der Waals surface area contributed by atoms with E-state index < -0.39 is 0 Å². The number of benzene rings is 3. The Kier molecular flexibility index (Phi) is 3.73. The van der Waals surface area contributed by atoms with Gasteiger partial charge in [0.1, 0.15) is 0 Å². The number of hydrogen-bond acceptors (Lipinski definition) is 1. The standard InChI is InChI=1S/C19H12ClN/c20-18-10-8-14(9-11-18)17(13-21)12-16-6-3-5-15-4-1-2-7-19(15)16/h1-12H. The molecule has 0 spiro atoms. The molecule has 21 heavy (non-hydrogen) atoms. The molecule has 3 rings (SSSR count). The van der Waals surface area contributed by atoms with Crippen LogP contribution in [0.4, 0.5) is 0 Å². The summed E-state index contributed by atoms with van der Waals surface area (Å²) in [5, 5.41) is 12.4. The number of hydrogen-bond donors (Lipinski definition) is 0. The van der Waals surface area contributed by atoms with Crippen molar-refractivity contribution in [2.75, 3.05) is 0 Å². The maximum Gasteiger partial charge on any atom is 0.0998 e. The lowest BCUT2D eigenvalue weighted by molar-refractivity contribution is 1.52. The van der Waals surface area contributed by atoms with Crippen LogP contribution in [0.1, 0.15) is 11.1 Å². The molecular weight excluding hydrogens is 278 g/mol. The second kappa shape index (κ2) is 5.83. The fourth-order valence-corrected chi connectivity index (χ4v) is 2.47. The predicted octanol–water partition coefficient (Wildman–Crippen LogP) is 5.56. The fraction of sp³-hybridized carbons (Fsp3) is 0. The first-order valence-corrected chi connectivity index (χ1v) is 7.01. The lowest BCUT2D eigenvalue weighted by Gasteiger charge is -2.04. The molecule has 0 unspecified atom stereocenters. The maximum atomic E-state index is 9.43. The van der Waals surface area contributed by atoms with Crippen LogP contribution in [-0.2, 0) is 0 Å². The highest BCUT2D eigenvalue weighted by Gasteiger charge is 2.03. The first-order chi connectivity index (χ1) is 10.3. The second-order valence-corrected chi connectivity index (χ2v) is 5.18. The summed E-state index contributed by atoms with van der Waals surface area (Å²) >= 11 is 5.90. The summed E-state index contributed by atoms with van der Waals surface area (Å²) < 4.78 is 0. The van der Waals surface area contributed by atoms with Crippen molar-refractivity contribution in [1.82, 2.24) is 0 Å². The number of halogens is 1. The Morgan fingerprint density at radius 1 is 0.905 bits per heavy atom. The third-order valence-corrected chi connectivity index (χ3v) is 3.65. The van der Waals surface area contributed by atoms with Gasteiger partial charge in [-0.1, -0.05) is 66.2 Å². The Labute approximate surface area is 128 Å². The van der Waals surface area contributed by atoms with E-state index >= 15 is 0 Å². The molecule has 3 aromatic rings. The lowest BCUT2D eigenvalue weighted by Crippen LogP contribution is -1.83. The summed E-state index contributed by atoms with van der Waals surface area (Å²) in [6, 6.07) is 23.8. The normalized spacial score (nSPS) is 11.3. The molecule has 2 heteroatoms. The Morgan fingerprint density at radius 2 is 1.62 bits per heavy atom. The molecule has 0 N–H and O–H groups in total. The van der Waals surface area contributed by atoms with Crippen LogP contribution in [0.15, 0.2) is 66.7 Å². The SMILES string of the molecule is N#CC(=Cc1cccc2ccccc12)c1ccc(Cl)cc1. The third-order valence-electron chi connectivity index (χ3n) is 3.40. The first-order valence-electron chi connectivity index (χ1n) is 6.63. The van der Waals surface area contributed by atoms with Crippen molar-refractivity contribution in [3.63, 3.8) is 0 Å². The Balaban J connectivity index is 2.13. The van der Waals surface area contributed by atoms with Crippen LogP contribution in [0.25, 0.3) is 22.4 Å². The van der Waals surface area contributed by atoms with E-state index in [0.717, 1.165) is 16.5 Å². The molecule has 0 heterocycles. The Morgan fingerprint density at radius 3 is 2.38 bits per heavy atom. The highest BCUT2D eigenvalue weighted by atomic mass is 35.5. The van der Waals surface area contributed by atoms with E-state index in [-0.39, 0.29) is 0 Å². The smallest absolute Gasteiger partial charge is 0.0998 e. The van der Waals surface area contributed by atoms with E-state index in [0.29, 0.717) is 10.6 Å². The van der Waals surface area contributed by atoms with Crippen LogP contribution in [0.2, 0.25) is 5.02 Å². The monoisotopic (exact) mass is 289 g/mol. The van der Waals surface area contributed by atoms with Gasteiger partial charge in [0, 0.05) is 5.02 Å². The quantitative estimate of drug-likeness (QED) is 0.448. The van der Waals surface area contributed by atoms with Crippen molar-refractivity contribution < 1.29 is 0 Å². The molecule has 0 aromatic heterocycles. The van der Waals surface area contributed by atoms with Gasteiger partial charge in [-0.25, -0.2) is 0 Å². The zero-order valence-electron chi connectivity index (χ0n) is 11.3. The molecular formula is C19H12ClN. The zero-order valence-corrected chi connectivity index (χ0v) is 12.0. The molecule has 100 valence electrons. The number of allylic oxidation sites excluding steroid dienone is 1. The number of nitriles is 1. The average molecular weight is 290 g/mol. The van der Waals surface area contributed by atoms with E-state index in [2.05, 4.69) is 24.3 Å². The second-order valence-electron chi connectivity index (χ2n) is 4.75. The van der Waals surface area contributed by atoms with Crippen molar-refractivity contribution >= 4 is 34.0 Å². The molecule has 0 saturated heterocycles. The summed E-state index contributed by atoms with van der Waals surface area (Å²) in [6.45, 7) is 0. The molecule has 0 aliphatic rings. The molecule has 0 radical (unpaired) electrons. The van der Waals surface area contributed by atoms with Crippen LogP contribution < -0.4 is 0 Å². The molecule has 3 aromatic carbocycles. The number of fused-ring (bicyclic) bond motifs is 1. The molecule has 1 nitrogen and oxygen atoms in total. The first kappa shape index (κ1) is 13.4. The minimum atomic E-state index is 0.628. The average Bonchev–Trinajstić information content (AvgIpc) is 2.54. The largest absolute Gasteiger partial charge is 0.192 e. The van der Waals surface area contributed by atoms with Gasteiger partial charge in [0.25, 0.3) is 0 Å². The topological polar surface area (TPSA) is 23.8 Å². The van der Waals surface area contributed by atoms with E-state index in [9.17, 15) is 5.26 Å². The van der Waals surface area contributed by atoms with Crippen molar-refractivity contribution in [1.29, 1.82) is 5.26 Å². The maximum absolute atomic E-state index is 9.43. The fourth-order valence-electron chi connectivity index (χ4n) is 2.34. The molecule has 0 atom stereocenters. The third kappa shape index (κ3) is 2.81. The highest BCUT2D eigenvalue weighted by Crippen LogP contribution is 2.24. The number of nitrogens with zero attached hydrogens (tertiary/aromatic N) is 1. The Hall–Kier alpha value is -2.56. The summed E-state index contributed by atoms with van der Waals surface area (Å²) in [6.07, 6.45) is 1.92. The van der Waals surface area contributed by atoms with Gasteiger partial charge in [0.2, 0.25) is 0 Å². The molecule has 0 fully saturated rings. The summed E-state index contributed by atoms with van der Waals surface area (Å²) in [5.41, 5.74) is 2.54. The van der Waals surface area contributed by atoms with E-state index in [1.54, 1.807) is 12.1 Å². The molecule has 0 aliphatic carbocycles. The van der Waals surface area contributed by atoms with Crippen LogP contribution >= 0.6 is 11.6 Å². The van der Waals surface area contributed by atoms with Crippen LogP contribution in [0.3, 0.4) is 0 Å². The van der Waals surface area contributed by atoms with Gasteiger partial charge in [-0.2, -0.15) is 5.26 Å². The summed E-state index contributed by atoms with van der Waals surface area (Å²) in [5.74, 6) is 0. The van der Waals surface area contributed by atoms with Crippen molar-refractivity contribution in [2.45, 2.75) is 0 Å². The van der Waals surface area contributed by atoms with Gasteiger partial charge in [-0.05, 0) is 40.1 Å². The summed E-state index contributed by atoms with van der Waals surface area (Å²) in [4.78, 5) is 0. The minimum Gasteiger partial charge on any atom is -0.192 e. The van der Waals surface area contributed by atoms with Gasteiger partial charge in [0.15, 0.2) is 0 Å². The molecule has 0 bridgehead atoms. The van der Waals surface area contributed by atoms with Crippen LogP contribution in [0.5, 0.6) is 0 Å². The van der Waals surface area contributed by atoms with Crippen molar-refractivity contribution in [2.24, 2.45) is 0 Å². The van der Waals surface area contributed by atoms with Gasteiger partial charge in [0.05, 0.1) is 11.6 Å². The Bertz CT molecular complexity index is 849. The van der Waals surface area contributed by atoms with Gasteiger partial charge < -0.3 is 0 Å². The molecule has 0 aliphatic heterocycles. The van der Waals surface area contributed by atoms with Gasteiger partial charge in [-0.3, -0.25) is 0 Å². The van der Waals surface area contributed by atoms with Crippen LogP contribution in [-0.4, -0.2) is 0 Å². The molecule has 0 saturated carbocycles. The summed E-state index contributed by atoms with van der Waals surface area (Å²) in [7, 11) is 0. The predicted molar refractivity (Wildman–Crippen MR) is 88.9 cm³/mol. The molecule has 0 amide bonds. The van der Waals surface area contributed by atoms with Gasteiger partial charge >= 0.3 is 0 Å². The van der Waals surface area contributed by atoms with Crippen LogP contribution in [0, 0.1) is 11.3 Å². The van der Waals surface area contributed by atoms with E-state index in [1.807, 2.05) is 42.5 Å². The van der Waals surface area contributed by atoms with E-state index in [4.69, 9.17) is 11.6 Å². The zero-order chi connectivity index (χ0) is 14.7. The van der Waals surface area contributed by atoms with Gasteiger partial charge in [-0.15, -0.1) is 0 Å². The van der Waals surface area contributed by atoms with Crippen molar-refractivity contribution in [3.05, 3.63) is 82.9 Å².